The number of ether oxygens (including phenoxy) is 1. The summed E-state index contributed by atoms with van der Waals surface area (Å²) in [7, 11) is 0. The first-order valence-electron chi connectivity index (χ1n) is 12.1. The lowest BCUT2D eigenvalue weighted by Crippen LogP contribution is -2.01. The molecule has 0 aliphatic rings. The lowest BCUT2D eigenvalue weighted by molar-refractivity contribution is -0.394. The van der Waals surface area contributed by atoms with E-state index in [1.165, 1.54) is 95.6 Å². The van der Waals surface area contributed by atoms with Gasteiger partial charge in [0, 0.05) is 6.07 Å². The standard InChI is InChI=1S/C24H40N2O5/c1-2-3-4-5-6-7-8-9-10-11-12-13-14-15-16-17-20-31-24-19-18-22(25(27)28)21-23(24)26(29)30/h18-19,21H,2-17,20H2,1H3. The van der Waals surface area contributed by atoms with E-state index in [1.807, 2.05) is 0 Å². The minimum absolute atomic E-state index is 0.0940. The molecule has 0 heterocycles. The predicted octanol–water partition coefficient (Wildman–Crippen LogP) is 8.14. The summed E-state index contributed by atoms with van der Waals surface area (Å²) in [5, 5.41) is 21.8. The molecule has 7 nitrogen and oxygen atoms in total. The van der Waals surface area contributed by atoms with Gasteiger partial charge < -0.3 is 4.74 Å². The van der Waals surface area contributed by atoms with Crippen molar-refractivity contribution in [3.8, 4) is 5.75 Å². The fourth-order valence-corrected chi connectivity index (χ4v) is 3.72. The van der Waals surface area contributed by atoms with Crippen molar-refractivity contribution in [3.63, 3.8) is 0 Å². The van der Waals surface area contributed by atoms with Crippen molar-refractivity contribution in [2.75, 3.05) is 6.61 Å². The van der Waals surface area contributed by atoms with Crippen molar-refractivity contribution < 1.29 is 14.6 Å². The zero-order chi connectivity index (χ0) is 22.7. The van der Waals surface area contributed by atoms with Crippen LogP contribution >= 0.6 is 0 Å². The molecule has 0 amide bonds. The number of nitro groups is 2. The molecule has 176 valence electrons. The highest BCUT2D eigenvalue weighted by atomic mass is 16.6. The Balaban J connectivity index is 1.97. The summed E-state index contributed by atoms with van der Waals surface area (Å²) in [4.78, 5) is 20.5. The molecule has 0 aliphatic carbocycles. The van der Waals surface area contributed by atoms with Crippen LogP contribution in [0.5, 0.6) is 5.75 Å². The van der Waals surface area contributed by atoms with Gasteiger partial charge in [-0.3, -0.25) is 20.2 Å². The Bertz CT molecular complexity index is 636. The molecule has 7 heteroatoms. The number of benzene rings is 1. The van der Waals surface area contributed by atoms with Gasteiger partial charge in [0.05, 0.1) is 22.5 Å². The molecule has 1 aromatic rings. The Morgan fingerprint density at radius 1 is 0.677 bits per heavy atom. The number of nitro benzene ring substituents is 2. The van der Waals surface area contributed by atoms with E-state index in [2.05, 4.69) is 6.92 Å². The summed E-state index contributed by atoms with van der Waals surface area (Å²) in [6.45, 7) is 2.64. The maximum absolute atomic E-state index is 11.1. The number of unbranched alkanes of at least 4 members (excludes halogenated alkanes) is 15. The van der Waals surface area contributed by atoms with Crippen LogP contribution in [-0.2, 0) is 0 Å². The molecule has 0 aliphatic heterocycles. The van der Waals surface area contributed by atoms with E-state index in [4.69, 9.17) is 4.74 Å². The first-order chi connectivity index (χ1) is 15.1. The van der Waals surface area contributed by atoms with Crippen LogP contribution in [0.15, 0.2) is 18.2 Å². The molecule has 0 bridgehead atoms. The minimum Gasteiger partial charge on any atom is -0.487 e. The molecular weight excluding hydrogens is 396 g/mol. The molecule has 0 radical (unpaired) electrons. The predicted molar refractivity (Wildman–Crippen MR) is 125 cm³/mol. The van der Waals surface area contributed by atoms with E-state index in [1.54, 1.807) is 0 Å². The minimum atomic E-state index is -0.646. The second-order valence-electron chi connectivity index (χ2n) is 8.32. The first-order valence-corrected chi connectivity index (χ1v) is 12.1. The number of rotatable bonds is 20. The molecule has 31 heavy (non-hydrogen) atoms. The highest BCUT2D eigenvalue weighted by Gasteiger charge is 2.20. The van der Waals surface area contributed by atoms with Crippen molar-refractivity contribution in [1.29, 1.82) is 0 Å². The Morgan fingerprint density at radius 2 is 1.13 bits per heavy atom. The first kappa shape index (κ1) is 26.9. The van der Waals surface area contributed by atoms with E-state index in [0.717, 1.165) is 25.3 Å². The Hall–Kier alpha value is -2.18. The van der Waals surface area contributed by atoms with Gasteiger partial charge in [0.2, 0.25) is 0 Å². The van der Waals surface area contributed by atoms with Crippen molar-refractivity contribution in [1.82, 2.24) is 0 Å². The van der Waals surface area contributed by atoms with Gasteiger partial charge >= 0.3 is 5.69 Å². The topological polar surface area (TPSA) is 95.5 Å². The zero-order valence-corrected chi connectivity index (χ0v) is 19.2. The molecule has 0 aromatic heterocycles. The molecule has 0 saturated carbocycles. The smallest absolute Gasteiger partial charge is 0.317 e. The zero-order valence-electron chi connectivity index (χ0n) is 19.2. The van der Waals surface area contributed by atoms with Crippen molar-refractivity contribution in [3.05, 3.63) is 38.4 Å². The number of non-ortho nitro benzene ring substituents is 1. The van der Waals surface area contributed by atoms with Crippen LogP contribution < -0.4 is 4.74 Å². The van der Waals surface area contributed by atoms with E-state index in [0.29, 0.717) is 6.61 Å². The SMILES string of the molecule is CCCCCCCCCCCCCCCCCCOc1ccc([N+](=O)[O-])cc1[N+](=O)[O-]. The van der Waals surface area contributed by atoms with E-state index >= 15 is 0 Å². The van der Waals surface area contributed by atoms with Crippen molar-refractivity contribution in [2.24, 2.45) is 0 Å². The average molecular weight is 437 g/mol. The van der Waals surface area contributed by atoms with Crippen LogP contribution in [0.25, 0.3) is 0 Å². The summed E-state index contributed by atoms with van der Waals surface area (Å²) in [6, 6.07) is 3.49. The third kappa shape index (κ3) is 13.0. The third-order valence-electron chi connectivity index (χ3n) is 5.61. The van der Waals surface area contributed by atoms with E-state index in [-0.39, 0.29) is 17.1 Å². The number of nitrogens with zero attached hydrogens (tertiary/aromatic N) is 2. The Kier molecular flexibility index (Phi) is 15.2. The average Bonchev–Trinajstić information content (AvgIpc) is 2.75. The Morgan fingerprint density at radius 3 is 1.55 bits per heavy atom. The van der Waals surface area contributed by atoms with Crippen molar-refractivity contribution in [2.45, 2.75) is 110 Å². The van der Waals surface area contributed by atoms with Crippen LogP contribution in [-0.4, -0.2) is 16.5 Å². The Labute approximate surface area is 186 Å². The van der Waals surface area contributed by atoms with Crippen LogP contribution in [0.3, 0.4) is 0 Å². The summed E-state index contributed by atoms with van der Waals surface area (Å²) in [6.07, 6.45) is 20.6. The quantitative estimate of drug-likeness (QED) is 0.117. The molecule has 0 fully saturated rings. The lowest BCUT2D eigenvalue weighted by Gasteiger charge is -2.07. The second kappa shape index (κ2) is 17.5. The van der Waals surface area contributed by atoms with Gasteiger partial charge in [0.1, 0.15) is 0 Å². The van der Waals surface area contributed by atoms with E-state index < -0.39 is 9.85 Å². The summed E-state index contributed by atoms with van der Waals surface area (Å²) in [5.41, 5.74) is -0.660. The molecule has 0 spiro atoms. The highest BCUT2D eigenvalue weighted by molar-refractivity contribution is 5.53. The molecule has 0 unspecified atom stereocenters. The summed E-state index contributed by atoms with van der Waals surface area (Å²) >= 11 is 0. The van der Waals surface area contributed by atoms with Crippen molar-refractivity contribution >= 4 is 11.4 Å². The summed E-state index contributed by atoms with van der Waals surface area (Å²) in [5.74, 6) is 0.0940. The second-order valence-corrected chi connectivity index (χ2v) is 8.32. The normalized spacial score (nSPS) is 10.9. The monoisotopic (exact) mass is 436 g/mol. The van der Waals surface area contributed by atoms with Gasteiger partial charge in [-0.2, -0.15) is 0 Å². The highest BCUT2D eigenvalue weighted by Crippen LogP contribution is 2.31. The lowest BCUT2D eigenvalue weighted by atomic mass is 10.0. The fraction of sp³-hybridized carbons (Fsp3) is 0.750. The molecule has 0 atom stereocenters. The maximum Gasteiger partial charge on any atom is 0.317 e. The van der Waals surface area contributed by atoms with E-state index in [9.17, 15) is 20.2 Å². The van der Waals surface area contributed by atoms with Gasteiger partial charge in [-0.05, 0) is 12.5 Å². The van der Waals surface area contributed by atoms with Crippen LogP contribution in [0.4, 0.5) is 11.4 Å². The molecular formula is C24H40N2O5. The van der Waals surface area contributed by atoms with Crippen LogP contribution in [0.1, 0.15) is 110 Å². The molecule has 1 rings (SSSR count). The molecule has 0 N–H and O–H groups in total. The van der Waals surface area contributed by atoms with Gasteiger partial charge in [-0.15, -0.1) is 0 Å². The third-order valence-corrected chi connectivity index (χ3v) is 5.61. The largest absolute Gasteiger partial charge is 0.487 e. The van der Waals surface area contributed by atoms with Gasteiger partial charge in [-0.25, -0.2) is 0 Å². The number of hydrogen-bond donors (Lipinski definition) is 0. The maximum atomic E-state index is 11.1. The molecule has 1 aromatic carbocycles. The number of hydrogen-bond acceptors (Lipinski definition) is 5. The van der Waals surface area contributed by atoms with Gasteiger partial charge in [-0.1, -0.05) is 103 Å². The van der Waals surface area contributed by atoms with Crippen LogP contribution in [0.2, 0.25) is 0 Å². The van der Waals surface area contributed by atoms with Crippen LogP contribution in [0, 0.1) is 20.2 Å². The van der Waals surface area contributed by atoms with Gasteiger partial charge in [0.15, 0.2) is 5.75 Å². The summed E-state index contributed by atoms with van der Waals surface area (Å²) < 4.78 is 5.49. The fourth-order valence-electron chi connectivity index (χ4n) is 3.72. The van der Waals surface area contributed by atoms with Gasteiger partial charge in [0.25, 0.3) is 5.69 Å². The molecule has 0 saturated heterocycles.